The summed E-state index contributed by atoms with van der Waals surface area (Å²) >= 11 is 0. The summed E-state index contributed by atoms with van der Waals surface area (Å²) in [5, 5.41) is 8.22. The van der Waals surface area contributed by atoms with Gasteiger partial charge in [-0.15, -0.1) is 0 Å². The highest BCUT2D eigenvalue weighted by molar-refractivity contribution is 5.94. The van der Waals surface area contributed by atoms with Gasteiger partial charge < -0.3 is 19.2 Å². The van der Waals surface area contributed by atoms with Gasteiger partial charge in [0.15, 0.2) is 6.17 Å². The smallest absolute Gasteiger partial charge is 0.188 e. The lowest BCUT2D eigenvalue weighted by Gasteiger charge is -2.55. The molecule has 7 heterocycles. The molecule has 346 valence electrons. The van der Waals surface area contributed by atoms with Gasteiger partial charge in [-0.05, 0) is 153 Å². The van der Waals surface area contributed by atoms with Crippen LogP contribution >= 0.6 is 0 Å². The minimum atomic E-state index is 0.394. The van der Waals surface area contributed by atoms with Crippen molar-refractivity contribution in [2.45, 2.75) is 249 Å². The molecule has 2 N–H and O–H groups in total. The van der Waals surface area contributed by atoms with E-state index in [1.54, 1.807) is 5.84 Å². The zero-order valence-electron chi connectivity index (χ0n) is 39.9. The summed E-state index contributed by atoms with van der Waals surface area (Å²) < 4.78 is 1.35. The van der Waals surface area contributed by atoms with Gasteiger partial charge in [-0.2, -0.15) is 0 Å². The fourth-order valence-corrected chi connectivity index (χ4v) is 16.8. The van der Waals surface area contributed by atoms with Gasteiger partial charge in [0, 0.05) is 35.9 Å². The fourth-order valence-electron chi connectivity index (χ4n) is 16.8. The van der Waals surface area contributed by atoms with E-state index in [4.69, 9.17) is 15.0 Å². The van der Waals surface area contributed by atoms with E-state index < -0.39 is 0 Å². The Kier molecular flexibility index (Phi) is 12.8. The molecule has 4 aliphatic carbocycles. The lowest BCUT2D eigenvalue weighted by Crippen LogP contribution is -2.70. The van der Waals surface area contributed by atoms with Crippen molar-refractivity contribution in [3.8, 4) is 0 Å². The highest BCUT2D eigenvalue weighted by Crippen LogP contribution is 2.49. The van der Waals surface area contributed by atoms with E-state index in [2.05, 4.69) is 46.1 Å². The molecule has 4 saturated heterocycles. The van der Waals surface area contributed by atoms with Crippen molar-refractivity contribution in [3.05, 3.63) is 0 Å². The summed E-state index contributed by atoms with van der Waals surface area (Å²) in [7, 11) is 0. The van der Waals surface area contributed by atoms with Gasteiger partial charge in [0.1, 0.15) is 35.9 Å². The van der Waals surface area contributed by atoms with E-state index >= 15 is 0 Å². The van der Waals surface area contributed by atoms with E-state index in [9.17, 15) is 0 Å². The maximum absolute atomic E-state index is 6.26. The summed E-state index contributed by atoms with van der Waals surface area (Å²) in [6.45, 7) is 14.3. The first-order valence-corrected chi connectivity index (χ1v) is 27.9. The van der Waals surface area contributed by atoms with Crippen molar-refractivity contribution in [3.63, 3.8) is 0 Å². The normalized spacial score (nSPS) is 45.2. The molecule has 9 heteroatoms. The van der Waals surface area contributed by atoms with Gasteiger partial charge in [0.2, 0.25) is 0 Å². The molecule has 7 aliphatic heterocycles. The molecule has 14 atom stereocenters. The van der Waals surface area contributed by atoms with Crippen LogP contribution in [0.3, 0.4) is 0 Å². The van der Waals surface area contributed by atoms with Crippen molar-refractivity contribution in [2.75, 3.05) is 32.7 Å². The van der Waals surface area contributed by atoms with Crippen LogP contribution in [0.15, 0.2) is 15.0 Å². The molecule has 0 aromatic carbocycles. The van der Waals surface area contributed by atoms with E-state index in [1.807, 2.05) is 0 Å². The zero-order chi connectivity index (χ0) is 41.8. The third kappa shape index (κ3) is 7.93. The topological polar surface area (TPSA) is 70.9 Å². The summed E-state index contributed by atoms with van der Waals surface area (Å²) in [5.41, 5.74) is 0. The summed E-state index contributed by atoms with van der Waals surface area (Å²) in [4.78, 5) is 27.4. The van der Waals surface area contributed by atoms with E-state index in [0.29, 0.717) is 72.5 Å². The van der Waals surface area contributed by atoms with Crippen molar-refractivity contribution in [1.82, 2.24) is 25.3 Å². The Morgan fingerprint density at radius 3 is 1.27 bits per heavy atom. The largest absolute Gasteiger partial charge is 0.339 e. The highest BCUT2D eigenvalue weighted by atomic mass is 15.5. The lowest BCUT2D eigenvalue weighted by molar-refractivity contribution is -0.965. The van der Waals surface area contributed by atoms with Crippen LogP contribution in [-0.4, -0.2) is 124 Å². The zero-order valence-corrected chi connectivity index (χ0v) is 39.9. The maximum Gasteiger partial charge on any atom is 0.188 e. The predicted octanol–water partition coefficient (Wildman–Crippen LogP) is 9.71. The molecule has 0 radical (unpaired) electrons. The van der Waals surface area contributed by atoms with Gasteiger partial charge in [-0.1, -0.05) is 72.1 Å². The second-order valence-corrected chi connectivity index (χ2v) is 23.8. The SMILES string of the molecule is CC1CCCCC1N1C(C2CC(C3=NC4CCCNC4N3C3CCCCC3C)CC(C3=NC4CCC[N+]5(CCCCCCCC5)C4N3C3CCCCC3C)C2)=NC2CCCNC21. The lowest BCUT2D eigenvalue weighted by atomic mass is 9.71. The number of aliphatic imine (C=N–C) groups is 3. The average molecular weight is 853 g/mol. The molecule has 4 saturated carbocycles. The van der Waals surface area contributed by atoms with Gasteiger partial charge in [0.05, 0.1) is 31.7 Å². The molecule has 11 aliphatic rings. The maximum atomic E-state index is 6.26. The van der Waals surface area contributed by atoms with Crippen LogP contribution in [0.25, 0.3) is 0 Å². The van der Waals surface area contributed by atoms with Crippen molar-refractivity contribution in [1.29, 1.82) is 0 Å². The Morgan fingerprint density at radius 2 is 0.790 bits per heavy atom. The second kappa shape index (κ2) is 18.5. The summed E-state index contributed by atoms with van der Waals surface area (Å²) in [6.07, 6.45) is 37.8. The molecule has 9 nitrogen and oxygen atoms in total. The van der Waals surface area contributed by atoms with Crippen LogP contribution < -0.4 is 10.6 Å². The van der Waals surface area contributed by atoms with Crippen molar-refractivity contribution < 1.29 is 4.48 Å². The van der Waals surface area contributed by atoms with E-state index in [1.165, 1.54) is 209 Å². The number of piperidine rings is 3. The molecular weight excluding hydrogens is 763 g/mol. The average Bonchev–Trinajstić information content (AvgIpc) is 4.02. The van der Waals surface area contributed by atoms with Gasteiger partial charge in [-0.3, -0.25) is 25.6 Å². The molecule has 1 spiro atoms. The van der Waals surface area contributed by atoms with Crippen LogP contribution in [0.5, 0.6) is 0 Å². The molecule has 0 aromatic heterocycles. The van der Waals surface area contributed by atoms with E-state index in [-0.39, 0.29) is 0 Å². The fraction of sp³-hybridized carbons (Fsp3) is 0.943. The number of nitrogens with one attached hydrogen (secondary N) is 2. The van der Waals surface area contributed by atoms with Crippen molar-refractivity contribution in [2.24, 2.45) is 50.5 Å². The first-order valence-electron chi connectivity index (χ1n) is 27.9. The Bertz CT molecular complexity index is 1560. The standard InChI is InChI=1S/C53H90N9/c1-36-19-8-11-25-45(36)59-48(56-42-22-16-28-54-51(42)59)39-33-40(49-57-43-23-17-29-55-52(43)60(49)46-26-12-9-20-37(46)2)35-41(34-39)50-58-44-24-18-32-62(30-14-6-4-5-7-15-31-62)53(44)61(50)47-27-13-10-21-38(47)3/h36-47,51-55H,4-35H2,1-3H3/q+1. The van der Waals surface area contributed by atoms with Crippen LogP contribution in [0.1, 0.15) is 194 Å². The third-order valence-electron chi connectivity index (χ3n) is 19.9. The number of quaternary nitrogens is 1. The molecule has 0 amide bonds. The van der Waals surface area contributed by atoms with Crippen molar-refractivity contribution >= 4 is 17.5 Å². The molecule has 14 unspecified atom stereocenters. The highest BCUT2D eigenvalue weighted by Gasteiger charge is 2.58. The van der Waals surface area contributed by atoms with Crippen LogP contribution in [0.2, 0.25) is 0 Å². The summed E-state index contributed by atoms with van der Waals surface area (Å²) in [5.74, 6) is 8.25. The number of rotatable bonds is 6. The van der Waals surface area contributed by atoms with Gasteiger partial charge >= 0.3 is 0 Å². The van der Waals surface area contributed by atoms with E-state index in [0.717, 1.165) is 30.8 Å². The predicted molar refractivity (Wildman–Crippen MR) is 255 cm³/mol. The summed E-state index contributed by atoms with van der Waals surface area (Å²) in [6, 6.07) is 3.16. The number of nitrogens with zero attached hydrogens (tertiary/aromatic N) is 7. The first kappa shape index (κ1) is 42.9. The Labute approximate surface area is 378 Å². The molecule has 8 fully saturated rings. The molecule has 11 rings (SSSR count). The Hall–Kier alpha value is -1.71. The molecule has 0 bridgehead atoms. The number of fused-ring (bicyclic) bond motifs is 4. The molecular formula is C53H90N9+. The monoisotopic (exact) mass is 853 g/mol. The first-order chi connectivity index (χ1) is 30.5. The number of hydrogen-bond donors (Lipinski definition) is 2. The second-order valence-electron chi connectivity index (χ2n) is 23.8. The van der Waals surface area contributed by atoms with Crippen LogP contribution in [0, 0.1) is 35.5 Å². The third-order valence-corrected chi connectivity index (χ3v) is 19.9. The van der Waals surface area contributed by atoms with Gasteiger partial charge in [-0.25, -0.2) is 0 Å². The Morgan fingerprint density at radius 1 is 0.403 bits per heavy atom. The van der Waals surface area contributed by atoms with Crippen LogP contribution in [0.4, 0.5) is 0 Å². The minimum Gasteiger partial charge on any atom is -0.339 e. The van der Waals surface area contributed by atoms with Gasteiger partial charge in [0.25, 0.3) is 0 Å². The minimum absolute atomic E-state index is 0.394. The quantitative estimate of drug-likeness (QED) is 0.261. The number of amidine groups is 3. The molecule has 0 aromatic rings. The van der Waals surface area contributed by atoms with Crippen LogP contribution in [-0.2, 0) is 0 Å². The number of hydrogen-bond acceptors (Lipinski definition) is 8. The molecule has 62 heavy (non-hydrogen) atoms. The Balaban J connectivity index is 1.00.